The summed E-state index contributed by atoms with van der Waals surface area (Å²) in [6.45, 7) is 6.58. The summed E-state index contributed by atoms with van der Waals surface area (Å²) in [4.78, 5) is 22.2. The molecule has 20 heavy (non-hydrogen) atoms. The van der Waals surface area contributed by atoms with Crippen LogP contribution in [0.2, 0.25) is 0 Å². The van der Waals surface area contributed by atoms with Gasteiger partial charge in [-0.15, -0.1) is 0 Å². The minimum atomic E-state index is -0.391. The minimum absolute atomic E-state index is 0.249. The predicted molar refractivity (Wildman–Crippen MR) is 73.8 cm³/mol. The Kier molecular flexibility index (Phi) is 5.11. The molecule has 1 saturated heterocycles. The number of anilines is 1. The molecule has 0 bridgehead atoms. The highest BCUT2D eigenvalue weighted by molar-refractivity contribution is 5.81. The van der Waals surface area contributed by atoms with Crippen LogP contribution in [0, 0.1) is 0 Å². The Labute approximate surface area is 118 Å². The maximum atomic E-state index is 12.1. The highest BCUT2D eigenvalue weighted by atomic mass is 16.5. The second-order valence-electron chi connectivity index (χ2n) is 4.31. The normalized spacial score (nSPS) is 18.7. The molecule has 110 valence electrons. The fourth-order valence-corrected chi connectivity index (χ4v) is 2.19. The van der Waals surface area contributed by atoms with Gasteiger partial charge in [0.15, 0.2) is 11.6 Å². The van der Waals surface area contributed by atoms with Crippen LogP contribution in [-0.2, 0) is 9.53 Å². The van der Waals surface area contributed by atoms with Gasteiger partial charge in [-0.25, -0.2) is 14.8 Å². The SMILES string of the molecule is CCOC(=O)C1CNCCN1c1ncncc1OCC. The standard InChI is InChI=1S/C13H20N4O3/c1-3-19-11-8-15-9-16-12(11)17-6-5-14-7-10(17)13(18)20-4-2/h8-10,14H,3-7H2,1-2H3. The van der Waals surface area contributed by atoms with E-state index in [0.29, 0.717) is 37.9 Å². The van der Waals surface area contributed by atoms with Crippen LogP contribution in [0.4, 0.5) is 5.82 Å². The van der Waals surface area contributed by atoms with Crippen molar-refractivity contribution in [3.63, 3.8) is 0 Å². The Balaban J connectivity index is 2.25. The fraction of sp³-hybridized carbons (Fsp3) is 0.615. The molecule has 7 heteroatoms. The van der Waals surface area contributed by atoms with Gasteiger partial charge in [-0.2, -0.15) is 0 Å². The molecule has 0 spiro atoms. The quantitative estimate of drug-likeness (QED) is 0.773. The van der Waals surface area contributed by atoms with E-state index in [1.807, 2.05) is 11.8 Å². The molecule has 1 atom stereocenters. The molecular weight excluding hydrogens is 260 g/mol. The molecule has 2 heterocycles. The average molecular weight is 280 g/mol. The van der Waals surface area contributed by atoms with E-state index in [1.54, 1.807) is 13.1 Å². The van der Waals surface area contributed by atoms with Crippen molar-refractivity contribution in [3.8, 4) is 5.75 Å². The van der Waals surface area contributed by atoms with Crippen LogP contribution in [0.25, 0.3) is 0 Å². The lowest BCUT2D eigenvalue weighted by Gasteiger charge is -2.35. The maximum Gasteiger partial charge on any atom is 0.330 e. The first-order valence-corrected chi connectivity index (χ1v) is 6.84. The highest BCUT2D eigenvalue weighted by Gasteiger charge is 2.32. The van der Waals surface area contributed by atoms with Crippen LogP contribution in [0.15, 0.2) is 12.5 Å². The first-order chi connectivity index (χ1) is 9.77. The summed E-state index contributed by atoms with van der Waals surface area (Å²) in [5.41, 5.74) is 0. The number of aromatic nitrogens is 2. The molecule has 2 rings (SSSR count). The maximum absolute atomic E-state index is 12.1. The Morgan fingerprint density at radius 2 is 2.35 bits per heavy atom. The Morgan fingerprint density at radius 3 is 3.10 bits per heavy atom. The van der Waals surface area contributed by atoms with Crippen molar-refractivity contribution in [2.75, 3.05) is 37.7 Å². The summed E-state index contributed by atoms with van der Waals surface area (Å²) >= 11 is 0. The van der Waals surface area contributed by atoms with Crippen LogP contribution >= 0.6 is 0 Å². The van der Waals surface area contributed by atoms with E-state index >= 15 is 0 Å². The molecule has 7 nitrogen and oxygen atoms in total. The lowest BCUT2D eigenvalue weighted by molar-refractivity contribution is -0.144. The van der Waals surface area contributed by atoms with E-state index in [2.05, 4.69) is 15.3 Å². The summed E-state index contributed by atoms with van der Waals surface area (Å²) in [6.07, 6.45) is 3.08. The number of piperazine rings is 1. The molecule has 1 aliphatic rings. The van der Waals surface area contributed by atoms with E-state index in [0.717, 1.165) is 6.54 Å². The van der Waals surface area contributed by atoms with Crippen molar-refractivity contribution < 1.29 is 14.3 Å². The number of carbonyl (C=O) groups excluding carboxylic acids is 1. The van der Waals surface area contributed by atoms with E-state index in [1.165, 1.54) is 6.33 Å². The number of rotatable bonds is 5. The zero-order valence-corrected chi connectivity index (χ0v) is 11.8. The first kappa shape index (κ1) is 14.5. The van der Waals surface area contributed by atoms with Gasteiger partial charge in [0.25, 0.3) is 0 Å². The molecule has 1 aromatic rings. The van der Waals surface area contributed by atoms with Gasteiger partial charge in [0.2, 0.25) is 0 Å². The molecule has 1 fully saturated rings. The van der Waals surface area contributed by atoms with Crippen LogP contribution < -0.4 is 15.0 Å². The van der Waals surface area contributed by atoms with Gasteiger partial charge in [-0.1, -0.05) is 0 Å². The fourth-order valence-electron chi connectivity index (χ4n) is 2.19. The number of hydrogen-bond acceptors (Lipinski definition) is 7. The van der Waals surface area contributed by atoms with Crippen LogP contribution in [0.3, 0.4) is 0 Å². The Morgan fingerprint density at radius 1 is 1.50 bits per heavy atom. The van der Waals surface area contributed by atoms with Gasteiger partial charge < -0.3 is 19.7 Å². The summed E-state index contributed by atoms with van der Waals surface area (Å²) < 4.78 is 10.7. The number of ether oxygens (including phenoxy) is 2. The zero-order valence-electron chi connectivity index (χ0n) is 11.8. The third kappa shape index (κ3) is 3.16. The summed E-state index contributed by atoms with van der Waals surface area (Å²) in [5, 5.41) is 3.20. The van der Waals surface area contributed by atoms with Crippen molar-refractivity contribution in [2.45, 2.75) is 19.9 Å². The number of carbonyl (C=O) groups is 1. The lowest BCUT2D eigenvalue weighted by atomic mass is 10.2. The summed E-state index contributed by atoms with van der Waals surface area (Å²) in [7, 11) is 0. The average Bonchev–Trinajstić information content (AvgIpc) is 2.48. The van der Waals surface area contributed by atoms with Gasteiger partial charge in [0.1, 0.15) is 12.4 Å². The van der Waals surface area contributed by atoms with Gasteiger partial charge in [-0.05, 0) is 13.8 Å². The van der Waals surface area contributed by atoms with Gasteiger partial charge in [-0.3, -0.25) is 0 Å². The van der Waals surface area contributed by atoms with E-state index in [-0.39, 0.29) is 5.97 Å². The van der Waals surface area contributed by atoms with Gasteiger partial charge in [0, 0.05) is 19.6 Å². The summed E-state index contributed by atoms with van der Waals surface area (Å²) in [5.74, 6) is 0.980. The molecule has 1 aliphatic heterocycles. The molecule has 0 saturated carbocycles. The molecule has 1 aromatic heterocycles. The predicted octanol–water partition coefficient (Wildman–Crippen LogP) is 0.217. The molecule has 0 aromatic carbocycles. The molecule has 1 unspecified atom stereocenters. The van der Waals surface area contributed by atoms with Crippen molar-refractivity contribution in [1.29, 1.82) is 0 Å². The topological polar surface area (TPSA) is 76.6 Å². The molecule has 1 N–H and O–H groups in total. The van der Waals surface area contributed by atoms with Crippen LogP contribution in [0.5, 0.6) is 5.75 Å². The molecule has 0 aliphatic carbocycles. The zero-order chi connectivity index (χ0) is 14.4. The van der Waals surface area contributed by atoms with E-state index in [9.17, 15) is 4.79 Å². The smallest absolute Gasteiger partial charge is 0.330 e. The Bertz CT molecular complexity index is 455. The lowest BCUT2D eigenvalue weighted by Crippen LogP contribution is -2.56. The van der Waals surface area contributed by atoms with E-state index in [4.69, 9.17) is 9.47 Å². The Hall–Kier alpha value is -1.89. The van der Waals surface area contributed by atoms with Crippen LogP contribution in [0.1, 0.15) is 13.8 Å². The summed E-state index contributed by atoms with van der Waals surface area (Å²) in [6, 6.07) is -0.391. The van der Waals surface area contributed by atoms with Gasteiger partial charge >= 0.3 is 5.97 Å². The monoisotopic (exact) mass is 280 g/mol. The van der Waals surface area contributed by atoms with Crippen molar-refractivity contribution in [3.05, 3.63) is 12.5 Å². The van der Waals surface area contributed by atoms with Crippen molar-refractivity contribution in [2.24, 2.45) is 0 Å². The molecule has 0 amide bonds. The van der Waals surface area contributed by atoms with Crippen molar-refractivity contribution >= 4 is 11.8 Å². The minimum Gasteiger partial charge on any atom is -0.488 e. The molecule has 0 radical (unpaired) electrons. The first-order valence-electron chi connectivity index (χ1n) is 6.84. The van der Waals surface area contributed by atoms with Gasteiger partial charge in [0.05, 0.1) is 19.4 Å². The largest absolute Gasteiger partial charge is 0.488 e. The number of nitrogens with zero attached hydrogens (tertiary/aromatic N) is 3. The van der Waals surface area contributed by atoms with Crippen molar-refractivity contribution in [1.82, 2.24) is 15.3 Å². The number of nitrogens with one attached hydrogen (secondary N) is 1. The second-order valence-corrected chi connectivity index (χ2v) is 4.31. The van der Waals surface area contributed by atoms with Crippen LogP contribution in [-0.4, -0.2) is 54.8 Å². The third-order valence-electron chi connectivity index (χ3n) is 3.03. The highest BCUT2D eigenvalue weighted by Crippen LogP contribution is 2.27. The number of hydrogen-bond donors (Lipinski definition) is 1. The number of esters is 1. The second kappa shape index (κ2) is 7.04. The molecular formula is C13H20N4O3. The third-order valence-corrected chi connectivity index (χ3v) is 3.03. The van der Waals surface area contributed by atoms with E-state index < -0.39 is 6.04 Å².